The van der Waals surface area contributed by atoms with Crippen molar-refractivity contribution in [2.45, 2.75) is 110 Å². The number of amides is 2. The van der Waals surface area contributed by atoms with Crippen molar-refractivity contribution < 1.29 is 9.59 Å². The van der Waals surface area contributed by atoms with Crippen molar-refractivity contribution in [2.24, 2.45) is 10.4 Å². The third kappa shape index (κ3) is 14.4. The van der Waals surface area contributed by atoms with Gasteiger partial charge in [0.2, 0.25) is 5.91 Å². The van der Waals surface area contributed by atoms with E-state index in [2.05, 4.69) is 31.0 Å². The van der Waals surface area contributed by atoms with Gasteiger partial charge < -0.3 is 10.6 Å². The Balaban J connectivity index is 0.00000409. The van der Waals surface area contributed by atoms with Gasteiger partial charge in [-0.25, -0.2) is 4.98 Å². The zero-order valence-corrected chi connectivity index (χ0v) is 29.4. The summed E-state index contributed by atoms with van der Waals surface area (Å²) in [6, 6.07) is 17.5. The molecule has 0 fully saturated rings. The first-order chi connectivity index (χ1) is 24.0. The lowest BCUT2D eigenvalue weighted by Gasteiger charge is -2.33. The molecule has 0 aliphatic carbocycles. The summed E-state index contributed by atoms with van der Waals surface area (Å²) in [4.78, 5) is 56.1. The van der Waals surface area contributed by atoms with E-state index >= 15 is 0 Å². The Morgan fingerprint density at radius 2 is 1.41 bits per heavy atom. The predicted molar refractivity (Wildman–Crippen MR) is 199 cm³/mol. The molecular weight excluding hydrogens is 616 g/mol. The molecule has 2 N–H and O–H groups in total. The molecule has 0 spiro atoms. The van der Waals surface area contributed by atoms with E-state index in [1.54, 1.807) is 12.4 Å². The Kier molecular flexibility index (Phi) is 20.0. The normalized spacial score (nSPS) is 13.0. The van der Waals surface area contributed by atoms with Crippen LogP contribution in [0, 0.1) is 9.81 Å². The summed E-state index contributed by atoms with van der Waals surface area (Å²) in [6.07, 6.45) is 17.2. The van der Waals surface area contributed by atoms with E-state index in [4.69, 9.17) is 0 Å². The molecule has 3 rings (SSSR count). The van der Waals surface area contributed by atoms with Crippen LogP contribution in [-0.4, -0.2) is 27.8 Å². The second-order valence-electron chi connectivity index (χ2n) is 11.6. The van der Waals surface area contributed by atoms with Crippen molar-refractivity contribution in [1.82, 2.24) is 9.97 Å². The topological polar surface area (TPSA) is 143 Å². The molecule has 0 saturated carbocycles. The quantitative estimate of drug-likeness (QED) is 0.0653. The summed E-state index contributed by atoms with van der Waals surface area (Å²) in [6.45, 7) is 7.81. The van der Waals surface area contributed by atoms with Crippen molar-refractivity contribution in [2.75, 3.05) is 10.6 Å². The fourth-order valence-electron chi connectivity index (χ4n) is 5.60. The Hall–Kier alpha value is -4.86. The van der Waals surface area contributed by atoms with E-state index in [0.29, 0.717) is 30.0 Å². The van der Waals surface area contributed by atoms with Crippen molar-refractivity contribution in [3.8, 4) is 0 Å². The number of pyridine rings is 2. The molecule has 49 heavy (non-hydrogen) atoms. The molecule has 0 aliphatic rings. The number of hydrogen-bond acceptors (Lipinski definition) is 8. The number of rotatable bonds is 21. The zero-order chi connectivity index (χ0) is 35.7. The van der Waals surface area contributed by atoms with E-state index in [1.165, 1.54) is 0 Å². The van der Waals surface area contributed by atoms with Crippen LogP contribution >= 0.6 is 0 Å². The smallest absolute Gasteiger partial charge is 0.286 e. The van der Waals surface area contributed by atoms with Crippen molar-refractivity contribution in [1.29, 1.82) is 0 Å². The first-order valence-corrected chi connectivity index (χ1v) is 17.4. The van der Waals surface area contributed by atoms with E-state index in [-0.39, 0.29) is 12.3 Å². The van der Waals surface area contributed by atoms with Crippen LogP contribution < -0.4 is 10.6 Å². The van der Waals surface area contributed by atoms with Crippen LogP contribution in [0.5, 0.6) is 0 Å². The third-order valence-corrected chi connectivity index (χ3v) is 8.04. The van der Waals surface area contributed by atoms with Crippen LogP contribution in [-0.2, 0) is 9.59 Å². The minimum atomic E-state index is -0.762. The molecular formula is C39H52N6O4. The number of anilines is 2. The molecule has 3 unspecified atom stereocenters. The van der Waals surface area contributed by atoms with Crippen molar-refractivity contribution in [3.05, 3.63) is 118 Å². The highest BCUT2D eigenvalue weighted by molar-refractivity contribution is 5.91. The summed E-state index contributed by atoms with van der Waals surface area (Å²) in [7, 11) is 0. The summed E-state index contributed by atoms with van der Waals surface area (Å²) >= 11 is 0. The number of nitroso groups, excluding NO2 is 2. The highest BCUT2D eigenvalue weighted by Crippen LogP contribution is 2.41. The van der Waals surface area contributed by atoms with Gasteiger partial charge >= 0.3 is 0 Å². The van der Waals surface area contributed by atoms with E-state index in [1.807, 2.05) is 107 Å². The number of benzene rings is 1. The maximum atomic E-state index is 13.2. The average Bonchev–Trinajstić information content (AvgIpc) is 3.14. The lowest BCUT2D eigenvalue weighted by molar-refractivity contribution is -0.118. The minimum absolute atomic E-state index is 0.0777. The molecule has 2 aromatic heterocycles. The molecule has 0 saturated heterocycles. The van der Waals surface area contributed by atoms with E-state index in [0.717, 1.165) is 56.1 Å². The fourth-order valence-corrected chi connectivity index (χ4v) is 5.60. The molecule has 10 heteroatoms. The number of nitrogens with zero attached hydrogens (tertiary/aromatic N) is 4. The first kappa shape index (κ1) is 40.3. The van der Waals surface area contributed by atoms with Gasteiger partial charge in [-0.3, -0.25) is 14.6 Å². The molecule has 262 valence electrons. The van der Waals surface area contributed by atoms with Gasteiger partial charge in [0.1, 0.15) is 11.9 Å². The van der Waals surface area contributed by atoms with E-state index in [9.17, 15) is 19.4 Å². The summed E-state index contributed by atoms with van der Waals surface area (Å²) in [5.74, 6) is -0.567. The summed E-state index contributed by atoms with van der Waals surface area (Å²) in [5, 5.41) is 12.7. The van der Waals surface area contributed by atoms with Gasteiger partial charge in [0.25, 0.3) is 5.91 Å². The molecule has 0 radical (unpaired) electrons. The second kappa shape index (κ2) is 24.3. The Morgan fingerprint density at radius 1 is 0.796 bits per heavy atom. The Bertz CT molecular complexity index is 1460. The molecule has 1 aromatic carbocycles. The van der Waals surface area contributed by atoms with Crippen LogP contribution in [0.4, 0.5) is 11.5 Å². The van der Waals surface area contributed by atoms with Gasteiger partial charge in [-0.15, -0.1) is 4.91 Å². The van der Waals surface area contributed by atoms with Crippen LogP contribution in [0.1, 0.15) is 115 Å². The first-order valence-electron chi connectivity index (χ1n) is 17.4. The largest absolute Gasteiger partial charge is 0.362 e. The number of para-hydroxylation sites is 1. The number of hydrogen-bond donors (Lipinski definition) is 2. The molecule has 0 aliphatic heterocycles. The molecule has 3 aromatic rings. The maximum Gasteiger partial charge on any atom is 0.286 e. The molecule has 2 heterocycles. The number of carbonyl (C=O) groups excluding carboxylic acids is 2. The minimum Gasteiger partial charge on any atom is -0.362 e. The van der Waals surface area contributed by atoms with Crippen molar-refractivity contribution >= 4 is 23.3 Å². The highest BCUT2D eigenvalue weighted by atomic mass is 16.3. The summed E-state index contributed by atoms with van der Waals surface area (Å²) in [5.41, 5.74) is 2.91. The molecule has 10 nitrogen and oxygen atoms in total. The monoisotopic (exact) mass is 668 g/mol. The van der Waals surface area contributed by atoms with Crippen molar-refractivity contribution in [3.63, 3.8) is 0 Å². The highest BCUT2D eigenvalue weighted by Gasteiger charge is 2.36. The maximum absolute atomic E-state index is 13.2. The third-order valence-electron chi connectivity index (χ3n) is 8.04. The van der Waals surface area contributed by atoms with Gasteiger partial charge in [-0.2, -0.15) is 4.91 Å². The second-order valence-corrected chi connectivity index (χ2v) is 11.6. The van der Waals surface area contributed by atoms with Gasteiger partial charge in [0.05, 0.1) is 12.0 Å². The van der Waals surface area contributed by atoms with Crippen LogP contribution in [0.25, 0.3) is 0 Å². The van der Waals surface area contributed by atoms with Gasteiger partial charge in [0.15, 0.2) is 0 Å². The Morgan fingerprint density at radius 3 is 2.00 bits per heavy atom. The number of unbranched alkanes of at least 4 members (excludes halogenated alkanes) is 7. The van der Waals surface area contributed by atoms with Crippen LogP contribution in [0.3, 0.4) is 0 Å². The fraction of sp³-hybridized carbons (Fsp3) is 0.436. The SMILES string of the molecule is C/C=C\C=C(/C)C(N=O)C(c1ccccn1)C(Nc1ccccn1)c1ccccc1NC(=O)CCCCCCCCCCC(=O)N=O.CC. The summed E-state index contributed by atoms with van der Waals surface area (Å²) < 4.78 is 0. The molecule has 2 amide bonds. The van der Waals surface area contributed by atoms with Crippen LogP contribution in [0.2, 0.25) is 0 Å². The van der Waals surface area contributed by atoms with Gasteiger partial charge in [-0.05, 0) is 68.2 Å². The number of allylic oxidation sites excluding steroid dienone is 3. The number of aromatic nitrogens is 2. The Labute approximate surface area is 291 Å². The lowest BCUT2D eigenvalue weighted by atomic mass is 9.80. The van der Waals surface area contributed by atoms with Crippen LogP contribution in [0.15, 0.2) is 107 Å². The number of nitrogens with one attached hydrogen (secondary N) is 2. The zero-order valence-electron chi connectivity index (χ0n) is 29.4. The average molecular weight is 669 g/mol. The predicted octanol–water partition coefficient (Wildman–Crippen LogP) is 10.2. The lowest BCUT2D eigenvalue weighted by Crippen LogP contribution is -2.31. The van der Waals surface area contributed by atoms with Gasteiger partial charge in [0, 0.05) is 41.8 Å². The standard InChI is InChI=1S/C37H46N6O4.C2H6/c1-3-4-19-28(2)36(43-47)35(31-22-15-17-26-38-31)37(41-32-23-16-18-27-39-32)29-20-13-14-21-30(29)40-33(44)24-11-9-7-5-6-8-10-12-25-34(45)42-46;1-2/h3-4,13-23,26-27,35-37H,5-12,24-25H2,1-2H3,(H,39,41)(H,40,44);1-2H3/b4-3-,28-19+;. The number of carbonyl (C=O) groups is 2. The molecule has 3 atom stereocenters. The molecule has 0 bridgehead atoms. The van der Waals surface area contributed by atoms with Gasteiger partial charge in [-0.1, -0.05) is 106 Å². The van der Waals surface area contributed by atoms with E-state index < -0.39 is 23.9 Å².